The molecule has 0 saturated heterocycles. The van der Waals surface area contributed by atoms with Gasteiger partial charge in [0.2, 0.25) is 5.82 Å². The average Bonchev–Trinajstić information content (AvgIpc) is 2.61. The second-order valence-electron chi connectivity index (χ2n) is 7.05. The SMILES string of the molecule is CC(C)(C)OC(=O)N[C@@H](Cc1ccc(-c2nnc(CCO)nn2)cc1)C(=O)O. The number of carboxylic acid groups (broad SMARTS) is 1. The zero-order valence-electron chi connectivity index (χ0n) is 15.9. The molecule has 2 rings (SSSR count). The average molecular weight is 389 g/mol. The Kier molecular flexibility index (Phi) is 6.94. The Morgan fingerprint density at radius 3 is 2.21 bits per heavy atom. The van der Waals surface area contributed by atoms with Crippen molar-refractivity contribution in [2.45, 2.75) is 45.3 Å². The monoisotopic (exact) mass is 389 g/mol. The number of nitrogens with zero attached hydrogens (tertiary/aromatic N) is 4. The first-order chi connectivity index (χ1) is 13.2. The van der Waals surface area contributed by atoms with Crippen molar-refractivity contribution in [2.75, 3.05) is 6.61 Å². The molecule has 1 heterocycles. The van der Waals surface area contributed by atoms with E-state index < -0.39 is 23.7 Å². The maximum Gasteiger partial charge on any atom is 0.408 e. The maximum absolute atomic E-state index is 11.8. The van der Waals surface area contributed by atoms with Crippen LogP contribution < -0.4 is 5.32 Å². The first-order valence-electron chi connectivity index (χ1n) is 8.66. The number of ether oxygens (including phenoxy) is 1. The molecule has 1 amide bonds. The molecule has 2 aromatic rings. The predicted octanol–water partition coefficient (Wildman–Crippen LogP) is 0.989. The molecular formula is C18H23N5O5. The number of aromatic nitrogens is 4. The number of hydrogen-bond acceptors (Lipinski definition) is 8. The zero-order chi connectivity index (χ0) is 20.7. The molecule has 10 nitrogen and oxygen atoms in total. The van der Waals surface area contributed by atoms with Gasteiger partial charge in [-0.15, -0.1) is 20.4 Å². The van der Waals surface area contributed by atoms with E-state index in [1.54, 1.807) is 45.0 Å². The Balaban J connectivity index is 2.04. The van der Waals surface area contributed by atoms with Crippen LogP contribution in [-0.4, -0.2) is 60.9 Å². The van der Waals surface area contributed by atoms with Crippen LogP contribution in [0.2, 0.25) is 0 Å². The van der Waals surface area contributed by atoms with Gasteiger partial charge in [0, 0.05) is 18.4 Å². The van der Waals surface area contributed by atoms with Crippen molar-refractivity contribution in [2.24, 2.45) is 0 Å². The van der Waals surface area contributed by atoms with Gasteiger partial charge in [0.1, 0.15) is 11.6 Å². The number of aliphatic carboxylic acids is 1. The topological polar surface area (TPSA) is 147 Å². The van der Waals surface area contributed by atoms with E-state index in [1.165, 1.54) is 0 Å². The van der Waals surface area contributed by atoms with E-state index in [-0.39, 0.29) is 19.4 Å². The van der Waals surface area contributed by atoms with Crippen molar-refractivity contribution >= 4 is 12.1 Å². The van der Waals surface area contributed by atoms with E-state index in [9.17, 15) is 14.7 Å². The number of amides is 1. The molecule has 0 aliphatic heterocycles. The molecule has 0 spiro atoms. The Morgan fingerprint density at radius 1 is 1.11 bits per heavy atom. The van der Waals surface area contributed by atoms with Gasteiger partial charge < -0.3 is 20.3 Å². The highest BCUT2D eigenvalue weighted by Gasteiger charge is 2.24. The summed E-state index contributed by atoms with van der Waals surface area (Å²) in [7, 11) is 0. The minimum Gasteiger partial charge on any atom is -0.480 e. The minimum absolute atomic E-state index is 0.0839. The highest BCUT2D eigenvalue weighted by molar-refractivity contribution is 5.80. The van der Waals surface area contributed by atoms with Crippen molar-refractivity contribution in [3.05, 3.63) is 35.7 Å². The van der Waals surface area contributed by atoms with Crippen molar-refractivity contribution in [1.82, 2.24) is 25.7 Å². The van der Waals surface area contributed by atoms with Crippen LogP contribution in [0.25, 0.3) is 11.4 Å². The van der Waals surface area contributed by atoms with Crippen LogP contribution in [0.15, 0.2) is 24.3 Å². The highest BCUT2D eigenvalue weighted by Crippen LogP contribution is 2.15. The Labute approximate surface area is 162 Å². The second-order valence-corrected chi connectivity index (χ2v) is 7.05. The number of rotatable bonds is 7. The molecule has 0 fully saturated rings. The quantitative estimate of drug-likeness (QED) is 0.630. The van der Waals surface area contributed by atoms with Gasteiger partial charge in [0.15, 0.2) is 5.82 Å². The van der Waals surface area contributed by atoms with Crippen LogP contribution in [-0.2, 0) is 22.4 Å². The molecule has 0 saturated carbocycles. The molecule has 0 aliphatic rings. The lowest BCUT2D eigenvalue weighted by Gasteiger charge is -2.22. The normalized spacial score (nSPS) is 12.3. The molecule has 3 N–H and O–H groups in total. The minimum atomic E-state index is -1.16. The Morgan fingerprint density at radius 2 is 1.71 bits per heavy atom. The van der Waals surface area contributed by atoms with Crippen molar-refractivity contribution in [3.63, 3.8) is 0 Å². The third-order valence-corrected chi connectivity index (χ3v) is 3.50. The maximum atomic E-state index is 11.8. The van der Waals surface area contributed by atoms with E-state index in [2.05, 4.69) is 25.7 Å². The number of aliphatic hydroxyl groups excluding tert-OH is 1. The fraction of sp³-hybridized carbons (Fsp3) is 0.444. The third-order valence-electron chi connectivity index (χ3n) is 3.50. The van der Waals surface area contributed by atoms with E-state index in [0.717, 1.165) is 0 Å². The van der Waals surface area contributed by atoms with Crippen LogP contribution in [0, 0.1) is 0 Å². The van der Waals surface area contributed by atoms with Gasteiger partial charge in [-0.1, -0.05) is 24.3 Å². The molecule has 1 atom stereocenters. The molecule has 150 valence electrons. The summed E-state index contributed by atoms with van der Waals surface area (Å²) in [5.41, 5.74) is 0.639. The first kappa shape index (κ1) is 21.2. The number of carboxylic acids is 1. The van der Waals surface area contributed by atoms with Crippen molar-refractivity contribution in [3.8, 4) is 11.4 Å². The molecule has 0 radical (unpaired) electrons. The van der Waals surface area contributed by atoms with Crippen LogP contribution in [0.3, 0.4) is 0 Å². The van der Waals surface area contributed by atoms with Gasteiger partial charge in [-0.25, -0.2) is 9.59 Å². The summed E-state index contributed by atoms with van der Waals surface area (Å²) in [4.78, 5) is 23.3. The van der Waals surface area contributed by atoms with Gasteiger partial charge in [-0.05, 0) is 26.3 Å². The smallest absolute Gasteiger partial charge is 0.408 e. The van der Waals surface area contributed by atoms with Crippen LogP contribution in [0.4, 0.5) is 4.79 Å². The van der Waals surface area contributed by atoms with Gasteiger partial charge >= 0.3 is 12.1 Å². The molecule has 1 aromatic heterocycles. The molecule has 0 bridgehead atoms. The number of carbonyl (C=O) groups is 2. The zero-order valence-corrected chi connectivity index (χ0v) is 15.9. The Bertz CT molecular complexity index is 803. The second kappa shape index (κ2) is 9.18. The van der Waals surface area contributed by atoms with Crippen LogP contribution in [0.1, 0.15) is 32.2 Å². The molecule has 0 unspecified atom stereocenters. The third kappa shape index (κ3) is 6.54. The molecule has 1 aromatic carbocycles. The summed E-state index contributed by atoms with van der Waals surface area (Å²) in [6, 6.07) is 5.73. The molecule has 10 heteroatoms. The van der Waals surface area contributed by atoms with E-state index in [4.69, 9.17) is 9.84 Å². The lowest BCUT2D eigenvalue weighted by molar-refractivity contribution is -0.139. The summed E-state index contributed by atoms with van der Waals surface area (Å²) >= 11 is 0. The standard InChI is InChI=1S/C18H23N5O5/c1-18(2,3)28-17(27)19-13(16(25)26)10-11-4-6-12(7-5-11)15-22-20-14(8-9-24)21-23-15/h4-7,13,24H,8-10H2,1-3H3,(H,19,27)(H,25,26)/t13-/m0/s1. The fourth-order valence-electron chi connectivity index (χ4n) is 2.24. The van der Waals surface area contributed by atoms with Gasteiger partial charge in [-0.3, -0.25) is 0 Å². The first-order valence-corrected chi connectivity index (χ1v) is 8.66. The largest absolute Gasteiger partial charge is 0.480 e. The fourth-order valence-corrected chi connectivity index (χ4v) is 2.24. The Hall–Kier alpha value is -3.14. The summed E-state index contributed by atoms with van der Waals surface area (Å²) in [5, 5.41) is 36.2. The molecule has 0 aliphatic carbocycles. The summed E-state index contributed by atoms with van der Waals surface area (Å²) < 4.78 is 5.10. The summed E-state index contributed by atoms with van der Waals surface area (Å²) in [5.74, 6) is -0.499. The number of alkyl carbamates (subject to hydrolysis) is 1. The van der Waals surface area contributed by atoms with Crippen LogP contribution >= 0.6 is 0 Å². The highest BCUT2D eigenvalue weighted by atomic mass is 16.6. The van der Waals surface area contributed by atoms with Crippen molar-refractivity contribution < 1.29 is 24.5 Å². The van der Waals surface area contributed by atoms with E-state index in [1.807, 2.05) is 0 Å². The lowest BCUT2D eigenvalue weighted by Crippen LogP contribution is -2.44. The number of benzene rings is 1. The molecule has 28 heavy (non-hydrogen) atoms. The van der Waals surface area contributed by atoms with Gasteiger partial charge in [-0.2, -0.15) is 0 Å². The lowest BCUT2D eigenvalue weighted by atomic mass is 10.0. The van der Waals surface area contributed by atoms with Crippen LogP contribution in [0.5, 0.6) is 0 Å². The van der Waals surface area contributed by atoms with Gasteiger partial charge in [0.05, 0.1) is 6.61 Å². The summed E-state index contributed by atoms with van der Waals surface area (Å²) in [6.07, 6.45) is -0.424. The molecular weight excluding hydrogens is 366 g/mol. The van der Waals surface area contributed by atoms with Gasteiger partial charge in [0.25, 0.3) is 0 Å². The number of nitrogens with one attached hydrogen (secondary N) is 1. The summed E-state index contributed by atoms with van der Waals surface area (Å²) in [6.45, 7) is 5.01. The van der Waals surface area contributed by atoms with Crippen molar-refractivity contribution in [1.29, 1.82) is 0 Å². The number of carbonyl (C=O) groups excluding carboxylic acids is 1. The predicted molar refractivity (Wildman–Crippen MR) is 98.3 cm³/mol. The number of aliphatic hydroxyl groups is 1. The number of hydrogen-bond donors (Lipinski definition) is 3. The van der Waals surface area contributed by atoms with E-state index in [0.29, 0.717) is 22.8 Å². The van der Waals surface area contributed by atoms with E-state index >= 15 is 0 Å².